The largest absolute Gasteiger partial charge is 0.381 e. The van der Waals surface area contributed by atoms with Gasteiger partial charge in [-0.05, 0) is 25.0 Å². The zero-order valence-corrected chi connectivity index (χ0v) is 14.0. The molecule has 118 valence electrons. The molecule has 1 saturated heterocycles. The molecular weight excluding hydrogens is 335 g/mol. The molecule has 1 fully saturated rings. The zero-order chi connectivity index (χ0) is 14.7. The quantitative estimate of drug-likeness (QED) is 0.909. The first-order valence-corrected chi connectivity index (χ1v) is 7.32. The Hall–Kier alpha value is -0.520. The molecule has 1 aliphatic heterocycles. The highest BCUT2D eigenvalue weighted by Crippen LogP contribution is 2.28. The van der Waals surface area contributed by atoms with Crippen LogP contribution in [0.2, 0.25) is 10.0 Å². The van der Waals surface area contributed by atoms with E-state index in [2.05, 4.69) is 0 Å². The molecule has 0 spiro atoms. The molecule has 2 rings (SSSR count). The highest BCUT2D eigenvalue weighted by Gasteiger charge is 2.32. The lowest BCUT2D eigenvalue weighted by atomic mass is 9.98. The number of likely N-dealkylation sites (tertiary alicyclic amines) is 1. The van der Waals surface area contributed by atoms with Crippen LogP contribution in [0.15, 0.2) is 18.2 Å². The van der Waals surface area contributed by atoms with Gasteiger partial charge >= 0.3 is 0 Å². The van der Waals surface area contributed by atoms with Crippen LogP contribution in [-0.4, -0.2) is 43.2 Å². The van der Waals surface area contributed by atoms with Crippen molar-refractivity contribution in [1.29, 1.82) is 0 Å². The number of benzene rings is 1. The van der Waals surface area contributed by atoms with Crippen molar-refractivity contribution >= 4 is 41.5 Å². The fraction of sp³-hybridized carbons (Fsp3) is 0.500. The summed E-state index contributed by atoms with van der Waals surface area (Å²) >= 11 is 12.1. The fourth-order valence-electron chi connectivity index (χ4n) is 2.54. The summed E-state index contributed by atoms with van der Waals surface area (Å²) in [6, 6.07) is 5.04. The SMILES string of the molecule is COC1CCN(C(=O)c2cccc(Cl)c2Cl)C(CN)C1.Cl. The molecular formula is C14H19Cl3N2O2. The first-order valence-electron chi connectivity index (χ1n) is 6.56. The Balaban J connectivity index is 0.00000220. The highest BCUT2D eigenvalue weighted by atomic mass is 35.5. The number of amides is 1. The molecule has 0 bridgehead atoms. The van der Waals surface area contributed by atoms with E-state index in [1.807, 2.05) is 0 Å². The van der Waals surface area contributed by atoms with Crippen molar-refractivity contribution in [3.63, 3.8) is 0 Å². The van der Waals surface area contributed by atoms with Crippen molar-refractivity contribution in [3.05, 3.63) is 33.8 Å². The maximum absolute atomic E-state index is 12.6. The number of carbonyl (C=O) groups excluding carboxylic acids is 1. The molecule has 0 saturated carbocycles. The van der Waals surface area contributed by atoms with E-state index in [1.54, 1.807) is 30.2 Å². The van der Waals surface area contributed by atoms with Gasteiger partial charge in [-0.15, -0.1) is 12.4 Å². The summed E-state index contributed by atoms with van der Waals surface area (Å²) in [7, 11) is 1.68. The number of piperidine rings is 1. The third-order valence-electron chi connectivity index (χ3n) is 3.72. The van der Waals surface area contributed by atoms with Gasteiger partial charge in [0.2, 0.25) is 0 Å². The molecule has 1 heterocycles. The van der Waals surface area contributed by atoms with Crippen LogP contribution in [0.1, 0.15) is 23.2 Å². The van der Waals surface area contributed by atoms with E-state index in [-0.39, 0.29) is 30.5 Å². The van der Waals surface area contributed by atoms with Gasteiger partial charge in [0.05, 0.1) is 21.7 Å². The minimum Gasteiger partial charge on any atom is -0.381 e. The van der Waals surface area contributed by atoms with E-state index in [0.29, 0.717) is 28.7 Å². The molecule has 2 unspecified atom stereocenters. The predicted octanol–water partition coefficient (Wildman–Crippen LogP) is 2.99. The predicted molar refractivity (Wildman–Crippen MR) is 87.6 cm³/mol. The second-order valence-corrected chi connectivity index (χ2v) is 5.66. The minimum atomic E-state index is -0.123. The van der Waals surface area contributed by atoms with E-state index in [9.17, 15) is 4.79 Å². The maximum atomic E-state index is 12.6. The lowest BCUT2D eigenvalue weighted by Gasteiger charge is -2.38. The van der Waals surface area contributed by atoms with Crippen molar-refractivity contribution in [3.8, 4) is 0 Å². The molecule has 21 heavy (non-hydrogen) atoms. The van der Waals surface area contributed by atoms with Crippen LogP contribution in [0.5, 0.6) is 0 Å². The Kier molecular flexibility index (Phi) is 7.24. The Morgan fingerprint density at radius 3 is 2.81 bits per heavy atom. The van der Waals surface area contributed by atoms with Crippen molar-refractivity contribution in [2.45, 2.75) is 25.0 Å². The molecule has 0 radical (unpaired) electrons. The molecule has 2 atom stereocenters. The van der Waals surface area contributed by atoms with Gasteiger partial charge in [0.25, 0.3) is 5.91 Å². The van der Waals surface area contributed by atoms with Gasteiger partial charge in [0.1, 0.15) is 0 Å². The van der Waals surface area contributed by atoms with E-state index >= 15 is 0 Å². The van der Waals surface area contributed by atoms with Gasteiger partial charge in [-0.2, -0.15) is 0 Å². The van der Waals surface area contributed by atoms with Crippen LogP contribution in [0.25, 0.3) is 0 Å². The van der Waals surface area contributed by atoms with Crippen LogP contribution in [-0.2, 0) is 4.74 Å². The topological polar surface area (TPSA) is 55.6 Å². The summed E-state index contributed by atoms with van der Waals surface area (Å²) in [6.45, 7) is 1.02. The smallest absolute Gasteiger partial charge is 0.255 e. The average Bonchev–Trinajstić information content (AvgIpc) is 2.48. The van der Waals surface area contributed by atoms with Gasteiger partial charge in [0, 0.05) is 26.2 Å². The number of methoxy groups -OCH3 is 1. The first kappa shape index (κ1) is 18.5. The number of carbonyl (C=O) groups is 1. The Morgan fingerprint density at radius 2 is 2.19 bits per heavy atom. The number of hydrogen-bond acceptors (Lipinski definition) is 3. The van der Waals surface area contributed by atoms with Crippen molar-refractivity contribution in [1.82, 2.24) is 4.90 Å². The first-order chi connectivity index (χ1) is 9.58. The summed E-state index contributed by atoms with van der Waals surface area (Å²) in [5.41, 5.74) is 6.21. The third-order valence-corrected chi connectivity index (χ3v) is 4.53. The van der Waals surface area contributed by atoms with Gasteiger partial charge in [-0.25, -0.2) is 0 Å². The van der Waals surface area contributed by atoms with Crippen LogP contribution < -0.4 is 5.73 Å². The second kappa shape index (κ2) is 8.20. The number of nitrogens with zero attached hydrogens (tertiary/aromatic N) is 1. The number of nitrogens with two attached hydrogens (primary N) is 1. The molecule has 0 aromatic heterocycles. The van der Waals surface area contributed by atoms with Crippen LogP contribution in [0, 0.1) is 0 Å². The Bertz CT molecular complexity index is 499. The molecule has 1 aromatic rings. The van der Waals surface area contributed by atoms with Gasteiger partial charge in [-0.1, -0.05) is 29.3 Å². The number of halogens is 3. The lowest BCUT2D eigenvalue weighted by Crippen LogP contribution is -2.51. The standard InChI is InChI=1S/C14H18Cl2N2O2.ClH/c1-20-10-5-6-18(9(7-10)8-17)14(19)11-3-2-4-12(15)13(11)16;/h2-4,9-10H,5-8,17H2,1H3;1H. The van der Waals surface area contributed by atoms with Crippen LogP contribution in [0.3, 0.4) is 0 Å². The van der Waals surface area contributed by atoms with E-state index in [0.717, 1.165) is 12.8 Å². The van der Waals surface area contributed by atoms with Gasteiger partial charge < -0.3 is 15.4 Å². The molecule has 2 N–H and O–H groups in total. The molecule has 0 aliphatic carbocycles. The van der Waals surface area contributed by atoms with Gasteiger partial charge in [-0.3, -0.25) is 4.79 Å². The molecule has 1 aliphatic rings. The second-order valence-electron chi connectivity index (χ2n) is 4.87. The number of hydrogen-bond donors (Lipinski definition) is 1. The zero-order valence-electron chi connectivity index (χ0n) is 11.7. The summed E-state index contributed by atoms with van der Waals surface area (Å²) in [6.07, 6.45) is 1.70. The fourth-order valence-corrected chi connectivity index (χ4v) is 2.92. The summed E-state index contributed by atoms with van der Waals surface area (Å²) in [5.74, 6) is -0.123. The monoisotopic (exact) mass is 352 g/mol. The van der Waals surface area contributed by atoms with Crippen molar-refractivity contribution < 1.29 is 9.53 Å². The highest BCUT2D eigenvalue weighted by molar-refractivity contribution is 6.43. The van der Waals surface area contributed by atoms with Crippen LogP contribution in [0.4, 0.5) is 0 Å². The minimum absolute atomic E-state index is 0. The molecule has 1 amide bonds. The average molecular weight is 354 g/mol. The van der Waals surface area contributed by atoms with Gasteiger partial charge in [0.15, 0.2) is 0 Å². The summed E-state index contributed by atoms with van der Waals surface area (Å²) in [4.78, 5) is 14.4. The molecule has 1 aromatic carbocycles. The summed E-state index contributed by atoms with van der Waals surface area (Å²) in [5, 5.41) is 0.678. The molecule has 4 nitrogen and oxygen atoms in total. The lowest BCUT2D eigenvalue weighted by molar-refractivity contribution is 0.0139. The Labute approximate surface area is 140 Å². The van der Waals surface area contributed by atoms with Crippen molar-refractivity contribution in [2.75, 3.05) is 20.2 Å². The summed E-state index contributed by atoms with van der Waals surface area (Å²) < 4.78 is 5.36. The number of rotatable bonds is 3. The van der Waals surface area contributed by atoms with Crippen molar-refractivity contribution in [2.24, 2.45) is 5.73 Å². The normalized spacial score (nSPS) is 21.8. The van der Waals surface area contributed by atoms with E-state index in [1.165, 1.54) is 0 Å². The third kappa shape index (κ3) is 4.02. The molecule has 7 heteroatoms. The maximum Gasteiger partial charge on any atom is 0.255 e. The van der Waals surface area contributed by atoms with Crippen LogP contribution >= 0.6 is 35.6 Å². The van der Waals surface area contributed by atoms with E-state index in [4.69, 9.17) is 33.7 Å². The Morgan fingerprint density at radius 1 is 1.48 bits per heavy atom. The number of ether oxygens (including phenoxy) is 1. The van der Waals surface area contributed by atoms with E-state index < -0.39 is 0 Å².